The fraction of sp³-hybridized carbons (Fsp3) is 0.333. The molecule has 2 aromatic heterocycles. The van der Waals surface area contributed by atoms with E-state index < -0.39 is 15.8 Å². The van der Waals surface area contributed by atoms with Crippen molar-refractivity contribution in [2.75, 3.05) is 11.5 Å². The van der Waals surface area contributed by atoms with Gasteiger partial charge in [0.15, 0.2) is 9.84 Å². The molecule has 3 rings (SSSR count). The Balaban J connectivity index is 2.00. The van der Waals surface area contributed by atoms with Crippen LogP contribution >= 0.6 is 0 Å². The number of aromatic nitrogens is 2. The van der Waals surface area contributed by atoms with Crippen molar-refractivity contribution in [3.8, 4) is 0 Å². The van der Waals surface area contributed by atoms with Gasteiger partial charge in [0.05, 0.1) is 22.8 Å². The second-order valence-corrected chi connectivity index (χ2v) is 6.98. The summed E-state index contributed by atoms with van der Waals surface area (Å²) in [5.41, 5.74) is 1.52. The minimum atomic E-state index is -2.95. The first-order chi connectivity index (χ1) is 8.94. The highest BCUT2D eigenvalue weighted by atomic mass is 32.2. The molecule has 6 nitrogen and oxygen atoms in total. The van der Waals surface area contributed by atoms with Crippen LogP contribution in [0.2, 0.25) is 0 Å². The number of carbonyl (C=O) groups is 1. The molecule has 7 heteroatoms. The fourth-order valence-corrected chi connectivity index (χ4v) is 4.12. The highest BCUT2D eigenvalue weighted by Gasteiger charge is 2.30. The van der Waals surface area contributed by atoms with E-state index in [1.54, 1.807) is 16.7 Å². The van der Waals surface area contributed by atoms with E-state index in [9.17, 15) is 13.2 Å². The number of nitrogens with zero attached hydrogens (tertiary/aromatic N) is 2. The summed E-state index contributed by atoms with van der Waals surface area (Å²) in [6.45, 7) is 0. The number of fused-ring (bicyclic) bond motifs is 1. The van der Waals surface area contributed by atoms with Crippen LogP contribution in [0.4, 0.5) is 0 Å². The van der Waals surface area contributed by atoms with Gasteiger partial charge < -0.3 is 9.51 Å². The van der Waals surface area contributed by atoms with Gasteiger partial charge in [-0.3, -0.25) is 0 Å². The largest absolute Gasteiger partial charge is 0.478 e. The third-order valence-corrected chi connectivity index (χ3v) is 5.14. The van der Waals surface area contributed by atoms with Gasteiger partial charge in [-0.05, 0) is 18.6 Å². The minimum absolute atomic E-state index is 0.0850. The molecule has 1 unspecified atom stereocenters. The molecule has 0 aromatic carbocycles. The molecule has 0 spiro atoms. The van der Waals surface area contributed by atoms with Gasteiger partial charge in [0.2, 0.25) is 0 Å². The lowest BCUT2D eigenvalue weighted by Crippen LogP contribution is -2.03. The van der Waals surface area contributed by atoms with E-state index >= 15 is 0 Å². The number of hydrogen-bond acceptors (Lipinski definition) is 4. The Morgan fingerprint density at radius 2 is 2.16 bits per heavy atom. The molecule has 0 bridgehead atoms. The van der Waals surface area contributed by atoms with Crippen molar-refractivity contribution in [2.24, 2.45) is 0 Å². The SMILES string of the molecule is O=C(O)c1ccc2nc(C3CCS(=O)(=O)C3)cn2c1. The van der Waals surface area contributed by atoms with Gasteiger partial charge in [0.25, 0.3) is 0 Å². The fourth-order valence-electron chi connectivity index (χ4n) is 2.36. The summed E-state index contributed by atoms with van der Waals surface area (Å²) in [7, 11) is -2.95. The van der Waals surface area contributed by atoms with Crippen LogP contribution in [0.25, 0.3) is 5.65 Å². The van der Waals surface area contributed by atoms with Crippen LogP contribution in [0.15, 0.2) is 24.5 Å². The number of hydrogen-bond donors (Lipinski definition) is 1. The summed E-state index contributed by atoms with van der Waals surface area (Å²) < 4.78 is 24.5. The zero-order valence-electron chi connectivity index (χ0n) is 9.98. The molecule has 2 aromatic rings. The topological polar surface area (TPSA) is 88.7 Å². The van der Waals surface area contributed by atoms with Crippen LogP contribution in [0.5, 0.6) is 0 Å². The Bertz CT molecular complexity index is 763. The number of aromatic carboxylic acids is 1. The molecule has 0 saturated carbocycles. The lowest BCUT2D eigenvalue weighted by atomic mass is 10.1. The van der Waals surface area contributed by atoms with E-state index in [1.807, 2.05) is 0 Å². The highest BCUT2D eigenvalue weighted by molar-refractivity contribution is 7.91. The normalized spacial score (nSPS) is 21.8. The van der Waals surface area contributed by atoms with Crippen LogP contribution in [0, 0.1) is 0 Å². The molecule has 19 heavy (non-hydrogen) atoms. The van der Waals surface area contributed by atoms with Gasteiger partial charge in [-0.1, -0.05) is 0 Å². The first kappa shape index (κ1) is 12.2. The number of rotatable bonds is 2. The predicted molar refractivity (Wildman–Crippen MR) is 68.2 cm³/mol. The number of pyridine rings is 1. The molecular formula is C12H12N2O4S. The van der Waals surface area contributed by atoms with Gasteiger partial charge in [-0.25, -0.2) is 18.2 Å². The summed E-state index contributed by atoms with van der Waals surface area (Å²) in [5.74, 6) is -0.757. The van der Waals surface area contributed by atoms with Crippen molar-refractivity contribution < 1.29 is 18.3 Å². The second kappa shape index (κ2) is 4.06. The highest BCUT2D eigenvalue weighted by Crippen LogP contribution is 2.28. The van der Waals surface area contributed by atoms with E-state index in [1.165, 1.54) is 12.3 Å². The van der Waals surface area contributed by atoms with Crippen molar-refractivity contribution in [3.63, 3.8) is 0 Å². The number of carboxylic acid groups (broad SMARTS) is 1. The summed E-state index contributed by atoms with van der Waals surface area (Å²) in [5, 5.41) is 8.92. The van der Waals surface area contributed by atoms with Gasteiger partial charge in [-0.2, -0.15) is 0 Å². The Kier molecular flexibility index (Phi) is 2.60. The molecule has 0 amide bonds. The van der Waals surface area contributed by atoms with E-state index in [0.717, 1.165) is 0 Å². The average molecular weight is 280 g/mol. The van der Waals surface area contributed by atoms with Crippen LogP contribution in [-0.4, -0.2) is 40.4 Å². The molecule has 0 aliphatic carbocycles. The monoisotopic (exact) mass is 280 g/mol. The van der Waals surface area contributed by atoms with Gasteiger partial charge in [0.1, 0.15) is 5.65 Å². The summed E-state index contributed by atoms with van der Waals surface area (Å²) in [4.78, 5) is 15.2. The summed E-state index contributed by atoms with van der Waals surface area (Å²) in [6.07, 6.45) is 3.78. The van der Waals surface area contributed by atoms with Crippen LogP contribution in [0.1, 0.15) is 28.4 Å². The van der Waals surface area contributed by atoms with Crippen LogP contribution in [-0.2, 0) is 9.84 Å². The van der Waals surface area contributed by atoms with Crippen molar-refractivity contribution in [1.29, 1.82) is 0 Å². The standard InChI is InChI=1S/C12H12N2O4S/c15-12(16)8-1-2-11-13-10(6-14(11)5-8)9-3-4-19(17,18)7-9/h1-2,5-6,9H,3-4,7H2,(H,15,16). The Morgan fingerprint density at radius 1 is 1.37 bits per heavy atom. The molecule has 3 heterocycles. The first-order valence-corrected chi connectivity index (χ1v) is 7.69. The third kappa shape index (κ3) is 2.21. The molecule has 1 N–H and O–H groups in total. The zero-order chi connectivity index (χ0) is 13.6. The molecule has 1 saturated heterocycles. The molecule has 1 aliphatic heterocycles. The maximum atomic E-state index is 11.5. The molecule has 1 aliphatic rings. The Morgan fingerprint density at radius 3 is 2.79 bits per heavy atom. The van der Waals surface area contributed by atoms with Crippen molar-refractivity contribution in [3.05, 3.63) is 35.8 Å². The summed E-state index contributed by atoms with van der Waals surface area (Å²) >= 11 is 0. The lowest BCUT2D eigenvalue weighted by molar-refractivity contribution is 0.0696. The van der Waals surface area contributed by atoms with Gasteiger partial charge in [-0.15, -0.1) is 0 Å². The quantitative estimate of drug-likeness (QED) is 0.884. The third-order valence-electron chi connectivity index (χ3n) is 3.37. The smallest absolute Gasteiger partial charge is 0.337 e. The second-order valence-electron chi connectivity index (χ2n) is 4.75. The van der Waals surface area contributed by atoms with Gasteiger partial charge >= 0.3 is 5.97 Å². The molecular weight excluding hydrogens is 268 g/mol. The maximum absolute atomic E-state index is 11.5. The Labute approximate surface area is 109 Å². The average Bonchev–Trinajstić information content (AvgIpc) is 2.90. The molecule has 0 radical (unpaired) electrons. The Hall–Kier alpha value is -1.89. The van der Waals surface area contributed by atoms with Crippen LogP contribution in [0.3, 0.4) is 0 Å². The number of sulfone groups is 1. The van der Waals surface area contributed by atoms with Crippen molar-refractivity contribution in [2.45, 2.75) is 12.3 Å². The molecule has 1 atom stereocenters. The maximum Gasteiger partial charge on any atom is 0.337 e. The van der Waals surface area contributed by atoms with Gasteiger partial charge in [0, 0.05) is 18.3 Å². The zero-order valence-corrected chi connectivity index (χ0v) is 10.8. The van der Waals surface area contributed by atoms with Crippen LogP contribution < -0.4 is 0 Å². The lowest BCUT2D eigenvalue weighted by Gasteiger charge is -2.00. The van der Waals surface area contributed by atoms with Crippen molar-refractivity contribution in [1.82, 2.24) is 9.38 Å². The van der Waals surface area contributed by atoms with E-state index in [4.69, 9.17) is 5.11 Å². The van der Waals surface area contributed by atoms with E-state index in [0.29, 0.717) is 17.8 Å². The van der Waals surface area contributed by atoms with E-state index in [-0.39, 0.29) is 23.0 Å². The van der Waals surface area contributed by atoms with E-state index in [2.05, 4.69) is 4.98 Å². The minimum Gasteiger partial charge on any atom is -0.478 e. The molecule has 100 valence electrons. The molecule has 1 fully saturated rings. The predicted octanol–water partition coefficient (Wildman–Crippen LogP) is 0.935. The number of imidazole rings is 1. The number of carboxylic acids is 1. The summed E-state index contributed by atoms with van der Waals surface area (Å²) in [6, 6.07) is 3.11. The first-order valence-electron chi connectivity index (χ1n) is 5.87. The van der Waals surface area contributed by atoms with Crippen molar-refractivity contribution >= 4 is 21.5 Å².